The molecule has 0 unspecified atom stereocenters. The van der Waals surface area contributed by atoms with Crippen molar-refractivity contribution in [3.63, 3.8) is 0 Å². The number of piperidine rings is 1. The smallest absolute Gasteiger partial charge is 0.111 e. The summed E-state index contributed by atoms with van der Waals surface area (Å²) in [6.07, 6.45) is 3.69. The predicted octanol–water partition coefficient (Wildman–Crippen LogP) is 0.115. The van der Waals surface area contributed by atoms with E-state index in [9.17, 15) is 0 Å². The van der Waals surface area contributed by atoms with E-state index in [1.807, 2.05) is 0 Å². The Morgan fingerprint density at radius 1 is 1.60 bits per heavy atom. The van der Waals surface area contributed by atoms with Crippen LogP contribution in [0.2, 0.25) is 0 Å². The molecule has 1 aliphatic heterocycles. The zero-order chi connectivity index (χ0) is 7.40. The van der Waals surface area contributed by atoms with Gasteiger partial charge in [0.1, 0.15) is 5.84 Å². The molecule has 1 heterocycles. The van der Waals surface area contributed by atoms with E-state index < -0.39 is 0 Å². The summed E-state index contributed by atoms with van der Waals surface area (Å²) in [5, 5.41) is 3.31. The third kappa shape index (κ3) is 1.70. The van der Waals surface area contributed by atoms with E-state index in [1.54, 1.807) is 7.05 Å². The summed E-state index contributed by atoms with van der Waals surface area (Å²) in [6, 6.07) is 0.346. The molecule has 0 amide bonds. The SMILES string of the molecule is CN=C(N)[C@@H]1CCCCN1. The molecule has 0 spiro atoms. The van der Waals surface area contributed by atoms with Gasteiger partial charge < -0.3 is 11.1 Å². The highest BCUT2D eigenvalue weighted by atomic mass is 15.0. The number of nitrogens with two attached hydrogens (primary N) is 1. The molecule has 1 fully saturated rings. The lowest BCUT2D eigenvalue weighted by Crippen LogP contribution is -2.44. The molecule has 3 nitrogen and oxygen atoms in total. The largest absolute Gasteiger partial charge is 0.386 e. The highest BCUT2D eigenvalue weighted by Crippen LogP contribution is 2.06. The van der Waals surface area contributed by atoms with E-state index in [0.717, 1.165) is 18.8 Å². The Labute approximate surface area is 61.7 Å². The predicted molar refractivity (Wildman–Crippen MR) is 43.2 cm³/mol. The topological polar surface area (TPSA) is 50.4 Å². The Morgan fingerprint density at radius 3 is 2.90 bits per heavy atom. The van der Waals surface area contributed by atoms with Crippen LogP contribution in [0.4, 0.5) is 0 Å². The Balaban J connectivity index is 2.39. The molecule has 0 aliphatic carbocycles. The molecule has 3 heteroatoms. The van der Waals surface area contributed by atoms with Gasteiger partial charge in [-0.3, -0.25) is 4.99 Å². The summed E-state index contributed by atoms with van der Waals surface area (Å²) in [5.74, 6) is 0.750. The first kappa shape index (κ1) is 7.54. The van der Waals surface area contributed by atoms with Gasteiger partial charge in [-0.2, -0.15) is 0 Å². The van der Waals surface area contributed by atoms with Crippen LogP contribution in [-0.2, 0) is 0 Å². The van der Waals surface area contributed by atoms with Crippen LogP contribution in [0.5, 0.6) is 0 Å². The molecule has 0 saturated carbocycles. The van der Waals surface area contributed by atoms with Gasteiger partial charge >= 0.3 is 0 Å². The summed E-state index contributed by atoms with van der Waals surface area (Å²) in [5.41, 5.74) is 5.64. The fourth-order valence-electron chi connectivity index (χ4n) is 1.26. The zero-order valence-corrected chi connectivity index (χ0v) is 6.43. The standard InChI is InChI=1S/C7H15N3/c1-9-7(8)6-4-2-3-5-10-6/h6,10H,2-5H2,1H3,(H2,8,9)/t6-/m0/s1. The van der Waals surface area contributed by atoms with Crippen LogP contribution in [-0.4, -0.2) is 25.5 Å². The second-order valence-corrected chi connectivity index (χ2v) is 2.65. The van der Waals surface area contributed by atoms with Crippen LogP contribution in [0.15, 0.2) is 4.99 Å². The molecule has 1 atom stereocenters. The molecule has 1 saturated heterocycles. The zero-order valence-electron chi connectivity index (χ0n) is 6.43. The summed E-state index contributed by atoms with van der Waals surface area (Å²) < 4.78 is 0. The highest BCUT2D eigenvalue weighted by molar-refractivity contribution is 5.85. The average Bonchev–Trinajstić information content (AvgIpc) is 2.05. The van der Waals surface area contributed by atoms with Crippen molar-refractivity contribution in [3.8, 4) is 0 Å². The summed E-state index contributed by atoms with van der Waals surface area (Å²) in [7, 11) is 1.74. The van der Waals surface area contributed by atoms with Crippen molar-refractivity contribution in [1.82, 2.24) is 5.32 Å². The van der Waals surface area contributed by atoms with Crippen molar-refractivity contribution >= 4 is 5.84 Å². The molecule has 3 N–H and O–H groups in total. The number of nitrogens with one attached hydrogen (secondary N) is 1. The first-order chi connectivity index (χ1) is 4.84. The molecule has 10 heavy (non-hydrogen) atoms. The number of aliphatic imine (C=N–C) groups is 1. The molecule has 58 valence electrons. The lowest BCUT2D eigenvalue weighted by molar-refractivity contribution is 0.469. The molecule has 0 aromatic carbocycles. The van der Waals surface area contributed by atoms with Gasteiger partial charge in [-0.1, -0.05) is 6.42 Å². The molecular weight excluding hydrogens is 126 g/mol. The number of rotatable bonds is 1. The average molecular weight is 141 g/mol. The first-order valence-corrected chi connectivity index (χ1v) is 3.80. The Hall–Kier alpha value is -0.570. The Bertz CT molecular complexity index is 125. The molecule has 1 rings (SSSR count). The van der Waals surface area contributed by atoms with Gasteiger partial charge in [0.15, 0.2) is 0 Å². The van der Waals surface area contributed by atoms with Crippen LogP contribution in [0, 0.1) is 0 Å². The van der Waals surface area contributed by atoms with Gasteiger partial charge in [0, 0.05) is 7.05 Å². The number of hydrogen-bond donors (Lipinski definition) is 2. The number of amidine groups is 1. The van der Waals surface area contributed by atoms with Crippen molar-refractivity contribution in [2.24, 2.45) is 10.7 Å². The fraction of sp³-hybridized carbons (Fsp3) is 0.857. The summed E-state index contributed by atoms with van der Waals surface area (Å²) in [6.45, 7) is 1.08. The maximum absolute atomic E-state index is 5.64. The molecule has 0 bridgehead atoms. The Morgan fingerprint density at radius 2 is 2.40 bits per heavy atom. The fourth-order valence-corrected chi connectivity index (χ4v) is 1.26. The molecule has 0 radical (unpaired) electrons. The monoisotopic (exact) mass is 141 g/mol. The van der Waals surface area contributed by atoms with Crippen molar-refractivity contribution in [1.29, 1.82) is 0 Å². The molecule has 0 aromatic heterocycles. The maximum atomic E-state index is 5.64. The van der Waals surface area contributed by atoms with Crippen LogP contribution >= 0.6 is 0 Å². The highest BCUT2D eigenvalue weighted by Gasteiger charge is 2.14. The molecule has 1 aliphatic rings. The minimum Gasteiger partial charge on any atom is -0.386 e. The maximum Gasteiger partial charge on any atom is 0.111 e. The second kappa shape index (κ2) is 3.56. The lowest BCUT2D eigenvalue weighted by atomic mass is 10.0. The minimum atomic E-state index is 0.346. The summed E-state index contributed by atoms with van der Waals surface area (Å²) in [4.78, 5) is 3.94. The quantitative estimate of drug-likeness (QED) is 0.402. The van der Waals surface area contributed by atoms with Gasteiger partial charge in [-0.05, 0) is 19.4 Å². The number of nitrogens with zero attached hydrogens (tertiary/aromatic N) is 1. The van der Waals surface area contributed by atoms with Crippen molar-refractivity contribution in [2.75, 3.05) is 13.6 Å². The van der Waals surface area contributed by atoms with Crippen molar-refractivity contribution < 1.29 is 0 Å². The van der Waals surface area contributed by atoms with E-state index in [4.69, 9.17) is 5.73 Å². The van der Waals surface area contributed by atoms with Gasteiger partial charge in [-0.15, -0.1) is 0 Å². The van der Waals surface area contributed by atoms with Crippen LogP contribution in [0.1, 0.15) is 19.3 Å². The Kier molecular flexibility index (Phi) is 2.68. The van der Waals surface area contributed by atoms with E-state index in [1.165, 1.54) is 12.8 Å². The van der Waals surface area contributed by atoms with Gasteiger partial charge in [0.2, 0.25) is 0 Å². The van der Waals surface area contributed by atoms with E-state index >= 15 is 0 Å². The second-order valence-electron chi connectivity index (χ2n) is 2.65. The van der Waals surface area contributed by atoms with E-state index in [0.29, 0.717) is 6.04 Å². The minimum absolute atomic E-state index is 0.346. The summed E-state index contributed by atoms with van der Waals surface area (Å²) >= 11 is 0. The third-order valence-electron chi connectivity index (χ3n) is 1.93. The number of hydrogen-bond acceptors (Lipinski definition) is 2. The van der Waals surface area contributed by atoms with Crippen LogP contribution in [0.25, 0.3) is 0 Å². The molecule has 0 aromatic rings. The van der Waals surface area contributed by atoms with Gasteiger partial charge in [0.05, 0.1) is 6.04 Å². The normalized spacial score (nSPS) is 28.5. The lowest BCUT2D eigenvalue weighted by Gasteiger charge is -2.22. The van der Waals surface area contributed by atoms with Gasteiger partial charge in [0.25, 0.3) is 0 Å². The van der Waals surface area contributed by atoms with Gasteiger partial charge in [-0.25, -0.2) is 0 Å². The van der Waals surface area contributed by atoms with Crippen LogP contribution < -0.4 is 11.1 Å². The third-order valence-corrected chi connectivity index (χ3v) is 1.93. The first-order valence-electron chi connectivity index (χ1n) is 3.80. The van der Waals surface area contributed by atoms with E-state index in [-0.39, 0.29) is 0 Å². The van der Waals surface area contributed by atoms with E-state index in [2.05, 4.69) is 10.3 Å². The molecular formula is C7H15N3. The van der Waals surface area contributed by atoms with Crippen molar-refractivity contribution in [3.05, 3.63) is 0 Å². The van der Waals surface area contributed by atoms with Crippen LogP contribution in [0.3, 0.4) is 0 Å². The van der Waals surface area contributed by atoms with Crippen molar-refractivity contribution in [2.45, 2.75) is 25.3 Å².